The highest BCUT2D eigenvalue weighted by atomic mass is 35.5. The molecule has 0 saturated heterocycles. The summed E-state index contributed by atoms with van der Waals surface area (Å²) in [6.45, 7) is 4.98. The summed E-state index contributed by atoms with van der Waals surface area (Å²) in [6.07, 6.45) is 0. The number of carbonyl (C=O) groups excluding carboxylic acids is 2. The van der Waals surface area contributed by atoms with Gasteiger partial charge in [-0.25, -0.2) is 0 Å². The lowest BCUT2D eigenvalue weighted by atomic mass is 10.3. The second-order valence-corrected chi connectivity index (χ2v) is 3.75. The average Bonchev–Trinajstić information content (AvgIpc) is 2.20. The molecule has 0 fully saturated rings. The van der Waals surface area contributed by atoms with Gasteiger partial charge in [-0.3, -0.25) is 9.59 Å². The van der Waals surface area contributed by atoms with Crippen molar-refractivity contribution in [3.63, 3.8) is 0 Å². The minimum Gasteiger partial charge on any atom is -0.383 e. The monoisotopic (exact) mass is 267 g/mol. The molecule has 0 aromatic carbocycles. The number of methoxy groups -OCH3 is 1. The minimum atomic E-state index is -0.501. The molecule has 0 aromatic heterocycles. The molecule has 0 aromatic rings. The number of amides is 2. The molecule has 0 heterocycles. The first-order chi connectivity index (χ1) is 7.49. The molecule has 102 valence electrons. The molecule has 0 unspecified atom stereocenters. The number of primary amides is 1. The number of halogens is 1. The summed E-state index contributed by atoms with van der Waals surface area (Å²) >= 11 is 0. The van der Waals surface area contributed by atoms with Crippen molar-refractivity contribution in [1.82, 2.24) is 10.2 Å². The standard InChI is InChI=1S/C10H21N3O3.ClH/c1-8(2)13(7-9(11)14)10(15)6-12-4-5-16-3;/h8,12H,4-7H2,1-3H3,(H2,11,14);1H. The van der Waals surface area contributed by atoms with Gasteiger partial charge in [0.1, 0.15) is 0 Å². The molecule has 0 bridgehead atoms. The largest absolute Gasteiger partial charge is 0.383 e. The van der Waals surface area contributed by atoms with Crippen LogP contribution in [0.4, 0.5) is 0 Å². The van der Waals surface area contributed by atoms with Gasteiger partial charge in [0, 0.05) is 19.7 Å². The maximum atomic E-state index is 11.7. The zero-order valence-electron chi connectivity index (χ0n) is 10.6. The van der Waals surface area contributed by atoms with E-state index >= 15 is 0 Å². The first-order valence-electron chi connectivity index (χ1n) is 5.26. The number of ether oxygens (including phenoxy) is 1. The normalized spacial score (nSPS) is 9.88. The van der Waals surface area contributed by atoms with Gasteiger partial charge in [-0.15, -0.1) is 12.4 Å². The SMILES string of the molecule is COCCNCC(=O)N(CC(N)=O)C(C)C.Cl. The van der Waals surface area contributed by atoms with Crippen LogP contribution in [0.5, 0.6) is 0 Å². The van der Waals surface area contributed by atoms with Crippen LogP contribution < -0.4 is 11.1 Å². The highest BCUT2D eigenvalue weighted by Gasteiger charge is 2.17. The van der Waals surface area contributed by atoms with Gasteiger partial charge in [-0.1, -0.05) is 0 Å². The topological polar surface area (TPSA) is 84.7 Å². The molecule has 7 heteroatoms. The van der Waals surface area contributed by atoms with Crippen LogP contribution in [0.25, 0.3) is 0 Å². The van der Waals surface area contributed by atoms with Crippen molar-refractivity contribution in [2.24, 2.45) is 5.73 Å². The van der Waals surface area contributed by atoms with Crippen LogP contribution in [0.2, 0.25) is 0 Å². The zero-order chi connectivity index (χ0) is 12.6. The molecule has 0 atom stereocenters. The molecule has 0 spiro atoms. The van der Waals surface area contributed by atoms with E-state index in [0.717, 1.165) is 0 Å². The van der Waals surface area contributed by atoms with Crippen molar-refractivity contribution in [3.8, 4) is 0 Å². The summed E-state index contributed by atoms with van der Waals surface area (Å²) in [6, 6.07) is -0.0378. The van der Waals surface area contributed by atoms with Crippen molar-refractivity contribution in [3.05, 3.63) is 0 Å². The molecule has 17 heavy (non-hydrogen) atoms. The van der Waals surface area contributed by atoms with Crippen LogP contribution in [-0.2, 0) is 14.3 Å². The Balaban J connectivity index is 0. The van der Waals surface area contributed by atoms with Crippen molar-refractivity contribution in [1.29, 1.82) is 0 Å². The van der Waals surface area contributed by atoms with E-state index in [4.69, 9.17) is 10.5 Å². The highest BCUT2D eigenvalue weighted by molar-refractivity contribution is 5.85. The summed E-state index contributed by atoms with van der Waals surface area (Å²) in [4.78, 5) is 23.9. The van der Waals surface area contributed by atoms with Crippen molar-refractivity contribution < 1.29 is 14.3 Å². The van der Waals surface area contributed by atoms with Gasteiger partial charge in [-0.05, 0) is 13.8 Å². The van der Waals surface area contributed by atoms with E-state index in [1.54, 1.807) is 7.11 Å². The van der Waals surface area contributed by atoms with E-state index in [0.29, 0.717) is 13.2 Å². The maximum Gasteiger partial charge on any atom is 0.237 e. The Morgan fingerprint density at radius 1 is 1.41 bits per heavy atom. The third kappa shape index (κ3) is 8.91. The van der Waals surface area contributed by atoms with Gasteiger partial charge in [0.2, 0.25) is 11.8 Å². The van der Waals surface area contributed by atoms with E-state index in [2.05, 4.69) is 5.32 Å². The number of nitrogens with zero attached hydrogens (tertiary/aromatic N) is 1. The first kappa shape index (κ1) is 18.5. The third-order valence-corrected chi connectivity index (χ3v) is 2.03. The fourth-order valence-electron chi connectivity index (χ4n) is 1.20. The summed E-state index contributed by atoms with van der Waals surface area (Å²) in [7, 11) is 1.59. The second kappa shape index (κ2) is 10.3. The predicted molar refractivity (Wildman–Crippen MR) is 68.0 cm³/mol. The van der Waals surface area contributed by atoms with Crippen molar-refractivity contribution >= 4 is 24.2 Å². The highest BCUT2D eigenvalue weighted by Crippen LogP contribution is 1.97. The lowest BCUT2D eigenvalue weighted by Gasteiger charge is -2.25. The summed E-state index contributed by atoms with van der Waals surface area (Å²) in [5.41, 5.74) is 5.07. The Morgan fingerprint density at radius 2 is 2.00 bits per heavy atom. The molecule has 0 aliphatic heterocycles. The van der Waals surface area contributed by atoms with E-state index in [-0.39, 0.29) is 37.4 Å². The molecule has 3 N–H and O–H groups in total. The molecule has 0 saturated carbocycles. The Hall–Kier alpha value is -0.850. The van der Waals surface area contributed by atoms with Crippen LogP contribution in [0, 0.1) is 0 Å². The van der Waals surface area contributed by atoms with Crippen LogP contribution in [0.1, 0.15) is 13.8 Å². The first-order valence-corrected chi connectivity index (χ1v) is 5.26. The molecule has 6 nitrogen and oxygen atoms in total. The number of hydrogen-bond acceptors (Lipinski definition) is 4. The number of rotatable bonds is 8. The number of hydrogen-bond donors (Lipinski definition) is 2. The maximum absolute atomic E-state index is 11.7. The quantitative estimate of drug-likeness (QED) is 0.574. The van der Waals surface area contributed by atoms with E-state index in [1.807, 2.05) is 13.8 Å². The lowest BCUT2D eigenvalue weighted by molar-refractivity contribution is -0.136. The van der Waals surface area contributed by atoms with Crippen LogP contribution in [0.15, 0.2) is 0 Å². The van der Waals surface area contributed by atoms with Gasteiger partial charge in [0.25, 0.3) is 0 Å². The molecule has 2 amide bonds. The van der Waals surface area contributed by atoms with Gasteiger partial charge in [0.05, 0.1) is 19.7 Å². The zero-order valence-corrected chi connectivity index (χ0v) is 11.4. The average molecular weight is 268 g/mol. The van der Waals surface area contributed by atoms with Crippen molar-refractivity contribution in [2.45, 2.75) is 19.9 Å². The molecule has 0 rings (SSSR count). The van der Waals surface area contributed by atoms with Crippen LogP contribution in [-0.4, -0.2) is 56.1 Å². The van der Waals surface area contributed by atoms with Gasteiger partial charge in [-0.2, -0.15) is 0 Å². The van der Waals surface area contributed by atoms with E-state index < -0.39 is 5.91 Å². The smallest absolute Gasteiger partial charge is 0.237 e. The van der Waals surface area contributed by atoms with Gasteiger partial charge < -0.3 is 20.7 Å². The van der Waals surface area contributed by atoms with E-state index in [1.165, 1.54) is 4.90 Å². The Kier molecular flexibility index (Phi) is 11.2. The van der Waals surface area contributed by atoms with Crippen molar-refractivity contribution in [2.75, 3.05) is 33.4 Å². The van der Waals surface area contributed by atoms with Crippen LogP contribution >= 0.6 is 12.4 Å². The number of nitrogens with one attached hydrogen (secondary N) is 1. The summed E-state index contributed by atoms with van der Waals surface area (Å²) in [5, 5.41) is 2.93. The van der Waals surface area contributed by atoms with Crippen LogP contribution in [0.3, 0.4) is 0 Å². The summed E-state index contributed by atoms with van der Waals surface area (Å²) in [5.74, 6) is -0.635. The number of carbonyl (C=O) groups is 2. The van der Waals surface area contributed by atoms with E-state index in [9.17, 15) is 9.59 Å². The molecular weight excluding hydrogens is 246 g/mol. The fraction of sp³-hybridized carbons (Fsp3) is 0.800. The molecule has 0 aliphatic rings. The Morgan fingerprint density at radius 3 is 2.41 bits per heavy atom. The minimum absolute atomic E-state index is 0. The fourth-order valence-corrected chi connectivity index (χ4v) is 1.20. The molecule has 0 radical (unpaired) electrons. The molecule has 0 aliphatic carbocycles. The predicted octanol–water partition coefficient (Wildman–Crippen LogP) is -0.633. The second-order valence-electron chi connectivity index (χ2n) is 3.75. The Labute approximate surface area is 108 Å². The molecular formula is C10H22ClN3O3. The summed E-state index contributed by atoms with van der Waals surface area (Å²) < 4.78 is 4.83. The Bertz CT molecular complexity index is 237. The van der Waals surface area contributed by atoms with Gasteiger partial charge in [0.15, 0.2) is 0 Å². The third-order valence-electron chi connectivity index (χ3n) is 2.03. The van der Waals surface area contributed by atoms with Gasteiger partial charge >= 0.3 is 0 Å². The number of nitrogens with two attached hydrogens (primary N) is 1. The lowest BCUT2D eigenvalue weighted by Crippen LogP contribution is -2.46.